The molecule has 22 heavy (non-hydrogen) atoms. The van der Waals surface area contributed by atoms with Crippen LogP contribution in [0.4, 0.5) is 5.69 Å². The van der Waals surface area contributed by atoms with Crippen LogP contribution in [0.15, 0.2) is 47.2 Å². The lowest BCUT2D eigenvalue weighted by Crippen LogP contribution is -2.26. The number of rotatable bonds is 6. The highest BCUT2D eigenvalue weighted by atomic mass is 32.1. The lowest BCUT2D eigenvalue weighted by Gasteiger charge is -2.15. The van der Waals surface area contributed by atoms with Crippen molar-refractivity contribution in [3.63, 3.8) is 0 Å². The van der Waals surface area contributed by atoms with E-state index in [0.717, 1.165) is 16.8 Å². The van der Waals surface area contributed by atoms with E-state index in [0.29, 0.717) is 0 Å². The summed E-state index contributed by atoms with van der Waals surface area (Å²) in [6.45, 7) is 0.189. The first-order valence-corrected chi connectivity index (χ1v) is 7.94. The second kappa shape index (κ2) is 7.77. The van der Waals surface area contributed by atoms with Crippen LogP contribution in [0.2, 0.25) is 0 Å². The number of nitrogens with one attached hydrogen (secondary N) is 1. The Balaban J connectivity index is 1.84. The standard InChI is InChI=1S/C17H20N2O2S/c1-19(2)15-6-4-14(5-7-15)16(20)11-18-17(21)8-3-13-9-10-22-12-13/h3-10,12,16,20H,11H2,1-2H3,(H,18,21)/b8-3+. The second-order valence-electron chi connectivity index (χ2n) is 5.14. The third-order valence-corrected chi connectivity index (χ3v) is 3.94. The number of amides is 1. The topological polar surface area (TPSA) is 52.6 Å². The number of benzene rings is 1. The lowest BCUT2D eigenvalue weighted by molar-refractivity contribution is -0.116. The molecular formula is C17H20N2O2S. The number of anilines is 1. The van der Waals surface area contributed by atoms with Crippen molar-refractivity contribution in [2.75, 3.05) is 25.5 Å². The molecule has 0 saturated carbocycles. The molecule has 0 aliphatic carbocycles. The Morgan fingerprint density at radius 1 is 1.32 bits per heavy atom. The van der Waals surface area contributed by atoms with E-state index in [2.05, 4.69) is 5.32 Å². The molecule has 0 aliphatic rings. The third-order valence-electron chi connectivity index (χ3n) is 3.23. The average Bonchev–Trinajstić information content (AvgIpc) is 3.04. The molecule has 0 saturated heterocycles. The normalized spacial score (nSPS) is 12.3. The molecule has 2 aromatic rings. The smallest absolute Gasteiger partial charge is 0.244 e. The van der Waals surface area contributed by atoms with Gasteiger partial charge in [-0.15, -0.1) is 0 Å². The average molecular weight is 316 g/mol. The Morgan fingerprint density at radius 2 is 2.05 bits per heavy atom. The number of carbonyl (C=O) groups excluding carboxylic acids is 1. The minimum absolute atomic E-state index is 0.189. The molecule has 2 rings (SSSR count). The summed E-state index contributed by atoms with van der Waals surface area (Å²) in [5, 5.41) is 16.7. The van der Waals surface area contributed by atoms with Gasteiger partial charge < -0.3 is 15.3 Å². The maximum Gasteiger partial charge on any atom is 0.244 e. The zero-order valence-corrected chi connectivity index (χ0v) is 13.5. The number of aliphatic hydroxyl groups is 1. The quantitative estimate of drug-likeness (QED) is 0.806. The summed E-state index contributed by atoms with van der Waals surface area (Å²) < 4.78 is 0. The summed E-state index contributed by atoms with van der Waals surface area (Å²) in [5.74, 6) is -0.213. The number of carbonyl (C=O) groups is 1. The summed E-state index contributed by atoms with van der Waals surface area (Å²) >= 11 is 1.58. The van der Waals surface area contributed by atoms with Crippen LogP contribution in [-0.2, 0) is 4.79 Å². The van der Waals surface area contributed by atoms with Crippen LogP contribution in [0.3, 0.4) is 0 Å². The van der Waals surface area contributed by atoms with E-state index in [-0.39, 0.29) is 12.5 Å². The van der Waals surface area contributed by atoms with Gasteiger partial charge in [0.1, 0.15) is 0 Å². The highest BCUT2D eigenvalue weighted by molar-refractivity contribution is 7.08. The fraction of sp³-hybridized carbons (Fsp3) is 0.235. The van der Waals surface area contributed by atoms with E-state index in [1.807, 2.05) is 60.1 Å². The molecule has 1 heterocycles. The minimum atomic E-state index is -0.713. The second-order valence-corrected chi connectivity index (χ2v) is 5.92. The first-order valence-electron chi connectivity index (χ1n) is 6.99. The maximum absolute atomic E-state index is 11.7. The molecule has 0 bridgehead atoms. The van der Waals surface area contributed by atoms with Crippen LogP contribution in [-0.4, -0.2) is 31.7 Å². The Morgan fingerprint density at radius 3 is 2.64 bits per heavy atom. The number of hydrogen-bond donors (Lipinski definition) is 2. The maximum atomic E-state index is 11.7. The van der Waals surface area contributed by atoms with Crippen molar-refractivity contribution in [3.8, 4) is 0 Å². The van der Waals surface area contributed by atoms with Gasteiger partial charge in [0.15, 0.2) is 0 Å². The van der Waals surface area contributed by atoms with Gasteiger partial charge >= 0.3 is 0 Å². The molecule has 0 spiro atoms. The fourth-order valence-electron chi connectivity index (χ4n) is 1.91. The fourth-order valence-corrected chi connectivity index (χ4v) is 2.54. The molecule has 0 fully saturated rings. The molecule has 1 atom stereocenters. The molecule has 1 aromatic carbocycles. The van der Waals surface area contributed by atoms with Gasteiger partial charge in [-0.1, -0.05) is 12.1 Å². The van der Waals surface area contributed by atoms with E-state index in [1.165, 1.54) is 6.08 Å². The van der Waals surface area contributed by atoms with Crippen molar-refractivity contribution in [1.82, 2.24) is 5.32 Å². The molecule has 1 unspecified atom stereocenters. The Hall–Kier alpha value is -2.11. The van der Waals surface area contributed by atoms with Gasteiger partial charge in [-0.05, 0) is 46.2 Å². The molecule has 116 valence electrons. The molecular weight excluding hydrogens is 296 g/mol. The summed E-state index contributed by atoms with van der Waals surface area (Å²) in [7, 11) is 3.93. The van der Waals surface area contributed by atoms with Crippen molar-refractivity contribution >= 4 is 29.0 Å². The van der Waals surface area contributed by atoms with Gasteiger partial charge in [0.2, 0.25) is 5.91 Å². The van der Waals surface area contributed by atoms with Gasteiger partial charge in [0.05, 0.1) is 6.10 Å². The molecule has 4 nitrogen and oxygen atoms in total. The van der Waals surface area contributed by atoms with Crippen LogP contribution in [0.25, 0.3) is 6.08 Å². The van der Waals surface area contributed by atoms with E-state index >= 15 is 0 Å². The predicted octanol–water partition coefficient (Wildman–Crippen LogP) is 2.68. The van der Waals surface area contributed by atoms with Crippen LogP contribution >= 0.6 is 11.3 Å². The first-order chi connectivity index (χ1) is 10.6. The SMILES string of the molecule is CN(C)c1ccc(C(O)CNC(=O)/C=C/c2ccsc2)cc1. The van der Waals surface area contributed by atoms with Crippen LogP contribution < -0.4 is 10.2 Å². The lowest BCUT2D eigenvalue weighted by atomic mass is 10.1. The van der Waals surface area contributed by atoms with Gasteiger partial charge in [-0.3, -0.25) is 4.79 Å². The molecule has 1 amide bonds. The monoisotopic (exact) mass is 316 g/mol. The largest absolute Gasteiger partial charge is 0.387 e. The zero-order chi connectivity index (χ0) is 15.9. The van der Waals surface area contributed by atoms with E-state index < -0.39 is 6.10 Å². The van der Waals surface area contributed by atoms with Crippen molar-refractivity contribution < 1.29 is 9.90 Å². The molecule has 2 N–H and O–H groups in total. The predicted molar refractivity (Wildman–Crippen MR) is 92.1 cm³/mol. The highest BCUT2D eigenvalue weighted by Crippen LogP contribution is 2.17. The van der Waals surface area contributed by atoms with Crippen LogP contribution in [0.5, 0.6) is 0 Å². The number of hydrogen-bond acceptors (Lipinski definition) is 4. The molecule has 0 aliphatic heterocycles. The number of aliphatic hydroxyl groups excluding tert-OH is 1. The molecule has 0 radical (unpaired) electrons. The van der Waals surface area contributed by atoms with Gasteiger partial charge in [-0.2, -0.15) is 11.3 Å². The van der Waals surface area contributed by atoms with E-state index in [1.54, 1.807) is 17.4 Å². The Kier molecular flexibility index (Phi) is 5.75. The summed E-state index contributed by atoms with van der Waals surface area (Å²) in [6.07, 6.45) is 2.52. The van der Waals surface area contributed by atoms with E-state index in [9.17, 15) is 9.90 Å². The van der Waals surface area contributed by atoms with Crippen molar-refractivity contribution in [3.05, 3.63) is 58.3 Å². The van der Waals surface area contributed by atoms with Crippen molar-refractivity contribution in [2.24, 2.45) is 0 Å². The van der Waals surface area contributed by atoms with Crippen molar-refractivity contribution in [2.45, 2.75) is 6.10 Å². The highest BCUT2D eigenvalue weighted by Gasteiger charge is 2.08. The first kappa shape index (κ1) is 16.3. The summed E-state index contributed by atoms with van der Waals surface area (Å²) in [5.41, 5.74) is 2.85. The molecule has 5 heteroatoms. The Labute approximate surface area is 134 Å². The number of thiophene rings is 1. The van der Waals surface area contributed by atoms with E-state index in [4.69, 9.17) is 0 Å². The number of nitrogens with zero attached hydrogens (tertiary/aromatic N) is 1. The summed E-state index contributed by atoms with van der Waals surface area (Å²) in [4.78, 5) is 13.7. The Bertz CT molecular complexity index is 619. The van der Waals surface area contributed by atoms with Gasteiger partial charge in [0, 0.05) is 32.4 Å². The minimum Gasteiger partial charge on any atom is -0.387 e. The summed E-state index contributed by atoms with van der Waals surface area (Å²) in [6, 6.07) is 9.56. The van der Waals surface area contributed by atoms with Crippen LogP contribution in [0, 0.1) is 0 Å². The molecule has 1 aromatic heterocycles. The van der Waals surface area contributed by atoms with Crippen molar-refractivity contribution in [1.29, 1.82) is 0 Å². The van der Waals surface area contributed by atoms with Gasteiger partial charge in [-0.25, -0.2) is 0 Å². The zero-order valence-electron chi connectivity index (χ0n) is 12.7. The van der Waals surface area contributed by atoms with Gasteiger partial charge in [0.25, 0.3) is 0 Å². The van der Waals surface area contributed by atoms with Crippen LogP contribution in [0.1, 0.15) is 17.2 Å². The third kappa shape index (κ3) is 4.72.